The Morgan fingerprint density at radius 2 is 1.79 bits per heavy atom. The summed E-state index contributed by atoms with van der Waals surface area (Å²) in [5.74, 6) is 4.77. The lowest BCUT2D eigenvalue weighted by Crippen LogP contribution is -2.49. The standard InChI is InChI=1S/C25H23F3N2O3/c1-33-21-11-7-17(8-12-21)13-14-24(32,19-5-3-2-4-6-19)23(31)30-20-10-9-18(16-29)22(15-20)25(26,27)28/h7-12,15,19,32H,2-6H2,1H3,(H,30,31). The van der Waals surface area contributed by atoms with Gasteiger partial charge in [-0.05, 0) is 55.3 Å². The predicted molar refractivity (Wildman–Crippen MR) is 116 cm³/mol. The Balaban J connectivity index is 1.93. The fourth-order valence-electron chi connectivity index (χ4n) is 3.89. The minimum absolute atomic E-state index is 0.174. The van der Waals surface area contributed by atoms with E-state index >= 15 is 0 Å². The summed E-state index contributed by atoms with van der Waals surface area (Å²) < 4.78 is 45.0. The molecule has 2 aromatic carbocycles. The maximum absolute atomic E-state index is 13.3. The van der Waals surface area contributed by atoms with Crippen LogP contribution in [0.1, 0.15) is 48.8 Å². The van der Waals surface area contributed by atoms with E-state index in [1.54, 1.807) is 24.3 Å². The van der Waals surface area contributed by atoms with Gasteiger partial charge in [0.05, 0.1) is 24.3 Å². The number of nitrogens with one attached hydrogen (secondary N) is 1. The second kappa shape index (κ2) is 9.97. The van der Waals surface area contributed by atoms with Gasteiger partial charge in [-0.25, -0.2) is 0 Å². The molecule has 1 amide bonds. The third kappa shape index (κ3) is 5.66. The molecule has 1 atom stereocenters. The quantitative estimate of drug-likeness (QED) is 0.642. The number of anilines is 1. The number of benzene rings is 2. The summed E-state index contributed by atoms with van der Waals surface area (Å²) in [5.41, 5.74) is -3.43. The highest BCUT2D eigenvalue weighted by Crippen LogP contribution is 2.36. The molecule has 0 aliphatic heterocycles. The Kier molecular flexibility index (Phi) is 7.30. The number of amides is 1. The van der Waals surface area contributed by atoms with Crippen molar-refractivity contribution in [3.05, 3.63) is 59.2 Å². The van der Waals surface area contributed by atoms with Crippen molar-refractivity contribution in [2.45, 2.75) is 43.9 Å². The average molecular weight is 456 g/mol. The predicted octanol–water partition coefficient (Wildman–Crippen LogP) is 4.89. The van der Waals surface area contributed by atoms with Crippen molar-refractivity contribution in [2.75, 3.05) is 12.4 Å². The summed E-state index contributed by atoms with van der Waals surface area (Å²) in [6.45, 7) is 0. The SMILES string of the molecule is COc1ccc(C#CC(O)(C(=O)Nc2ccc(C#N)c(C(F)(F)F)c2)C2CCCCC2)cc1. The van der Waals surface area contributed by atoms with Gasteiger partial charge in [0.2, 0.25) is 5.60 Å². The van der Waals surface area contributed by atoms with Gasteiger partial charge in [-0.1, -0.05) is 31.1 Å². The number of halogens is 3. The van der Waals surface area contributed by atoms with Crippen LogP contribution in [0.5, 0.6) is 5.75 Å². The van der Waals surface area contributed by atoms with Crippen LogP contribution in [-0.4, -0.2) is 23.7 Å². The summed E-state index contributed by atoms with van der Waals surface area (Å²) in [5, 5.41) is 22.7. The monoisotopic (exact) mass is 456 g/mol. The normalized spacial score (nSPS) is 16.0. The second-order valence-corrected chi connectivity index (χ2v) is 7.90. The number of aliphatic hydroxyl groups is 1. The first kappa shape index (κ1) is 24.2. The zero-order chi connectivity index (χ0) is 24.1. The van der Waals surface area contributed by atoms with E-state index in [0.717, 1.165) is 25.3 Å². The molecule has 2 N–H and O–H groups in total. The largest absolute Gasteiger partial charge is 0.497 e. The van der Waals surface area contributed by atoms with Crippen LogP contribution in [0.15, 0.2) is 42.5 Å². The van der Waals surface area contributed by atoms with Gasteiger partial charge in [-0.2, -0.15) is 18.4 Å². The van der Waals surface area contributed by atoms with Crippen molar-refractivity contribution in [3.63, 3.8) is 0 Å². The van der Waals surface area contributed by atoms with E-state index in [1.165, 1.54) is 19.2 Å². The Hall–Kier alpha value is -3.49. The van der Waals surface area contributed by atoms with Gasteiger partial charge >= 0.3 is 6.18 Å². The van der Waals surface area contributed by atoms with E-state index < -0.39 is 34.7 Å². The van der Waals surface area contributed by atoms with Crippen LogP contribution >= 0.6 is 0 Å². The van der Waals surface area contributed by atoms with E-state index in [4.69, 9.17) is 10.00 Å². The van der Waals surface area contributed by atoms with Gasteiger partial charge in [0, 0.05) is 17.2 Å². The van der Waals surface area contributed by atoms with Crippen molar-refractivity contribution >= 4 is 11.6 Å². The highest BCUT2D eigenvalue weighted by molar-refractivity contribution is 6.00. The number of hydrogen-bond donors (Lipinski definition) is 2. The first-order chi connectivity index (χ1) is 15.7. The first-order valence-corrected chi connectivity index (χ1v) is 10.5. The second-order valence-electron chi connectivity index (χ2n) is 7.90. The molecule has 0 saturated heterocycles. The van der Waals surface area contributed by atoms with Gasteiger partial charge in [0.1, 0.15) is 5.75 Å². The summed E-state index contributed by atoms with van der Waals surface area (Å²) in [7, 11) is 1.53. The van der Waals surface area contributed by atoms with Crippen LogP contribution in [0.3, 0.4) is 0 Å². The maximum Gasteiger partial charge on any atom is 0.417 e. The average Bonchev–Trinajstić information content (AvgIpc) is 2.82. The van der Waals surface area contributed by atoms with E-state index in [9.17, 15) is 23.1 Å². The number of ether oxygens (including phenoxy) is 1. The number of nitriles is 1. The lowest BCUT2D eigenvalue weighted by atomic mass is 9.76. The number of carbonyl (C=O) groups excluding carboxylic acids is 1. The molecule has 0 radical (unpaired) electrons. The molecule has 0 heterocycles. The van der Waals surface area contributed by atoms with E-state index in [1.807, 2.05) is 0 Å². The van der Waals surface area contributed by atoms with Crippen molar-refractivity contribution in [3.8, 4) is 23.7 Å². The van der Waals surface area contributed by atoms with Crippen LogP contribution in [0.2, 0.25) is 0 Å². The Bertz CT molecular complexity index is 1100. The number of carbonyl (C=O) groups is 1. The van der Waals surface area contributed by atoms with Gasteiger partial charge in [0.15, 0.2) is 0 Å². The highest BCUT2D eigenvalue weighted by Gasteiger charge is 2.43. The van der Waals surface area contributed by atoms with Gasteiger partial charge in [-0.15, -0.1) is 0 Å². The molecule has 0 spiro atoms. The first-order valence-electron chi connectivity index (χ1n) is 10.5. The molecule has 1 aliphatic rings. The fraction of sp³-hybridized carbons (Fsp3) is 0.360. The van der Waals surface area contributed by atoms with E-state index in [0.29, 0.717) is 30.2 Å². The topological polar surface area (TPSA) is 82.3 Å². The lowest BCUT2D eigenvalue weighted by Gasteiger charge is -2.33. The molecule has 5 nitrogen and oxygen atoms in total. The summed E-state index contributed by atoms with van der Waals surface area (Å²) in [4.78, 5) is 13.1. The van der Waals surface area contributed by atoms with Gasteiger partial charge < -0.3 is 15.2 Å². The molecule has 0 bridgehead atoms. The van der Waals surface area contributed by atoms with Gasteiger partial charge in [-0.3, -0.25) is 4.79 Å². The zero-order valence-electron chi connectivity index (χ0n) is 18.0. The molecule has 3 rings (SSSR count). The molecule has 8 heteroatoms. The molecule has 33 heavy (non-hydrogen) atoms. The summed E-state index contributed by atoms with van der Waals surface area (Å²) in [6.07, 6.45) is -1.01. The molecule has 1 aliphatic carbocycles. The molecule has 2 aromatic rings. The molecule has 1 saturated carbocycles. The van der Waals surface area contributed by atoms with E-state index in [2.05, 4.69) is 17.2 Å². The lowest BCUT2D eigenvalue weighted by molar-refractivity contribution is -0.138. The Morgan fingerprint density at radius 3 is 2.36 bits per heavy atom. The minimum Gasteiger partial charge on any atom is -0.497 e. The highest BCUT2D eigenvalue weighted by atomic mass is 19.4. The summed E-state index contributed by atoms with van der Waals surface area (Å²) in [6, 6.07) is 11.1. The van der Waals surface area contributed by atoms with Crippen molar-refractivity contribution in [1.82, 2.24) is 0 Å². The third-order valence-electron chi connectivity index (χ3n) is 5.73. The number of nitrogens with zero attached hydrogens (tertiary/aromatic N) is 1. The van der Waals surface area contributed by atoms with Crippen LogP contribution in [0, 0.1) is 29.1 Å². The zero-order valence-corrected chi connectivity index (χ0v) is 18.0. The molecule has 172 valence electrons. The van der Waals surface area contributed by atoms with Gasteiger partial charge in [0.25, 0.3) is 5.91 Å². The Morgan fingerprint density at radius 1 is 1.12 bits per heavy atom. The molecule has 0 aromatic heterocycles. The van der Waals surface area contributed by atoms with Crippen LogP contribution in [0.4, 0.5) is 18.9 Å². The van der Waals surface area contributed by atoms with E-state index in [-0.39, 0.29) is 5.69 Å². The van der Waals surface area contributed by atoms with Crippen molar-refractivity contribution < 1.29 is 27.8 Å². The number of hydrogen-bond acceptors (Lipinski definition) is 4. The fourth-order valence-corrected chi connectivity index (χ4v) is 3.89. The minimum atomic E-state index is -4.76. The van der Waals surface area contributed by atoms with Crippen LogP contribution in [-0.2, 0) is 11.0 Å². The van der Waals surface area contributed by atoms with Crippen molar-refractivity contribution in [1.29, 1.82) is 5.26 Å². The van der Waals surface area contributed by atoms with Crippen LogP contribution < -0.4 is 10.1 Å². The van der Waals surface area contributed by atoms with Crippen molar-refractivity contribution in [2.24, 2.45) is 5.92 Å². The molecular weight excluding hydrogens is 433 g/mol. The molecular formula is C25H23F3N2O3. The smallest absolute Gasteiger partial charge is 0.417 e. The molecule has 1 fully saturated rings. The number of rotatable bonds is 4. The third-order valence-corrected chi connectivity index (χ3v) is 5.73. The Labute approximate surface area is 190 Å². The number of methoxy groups -OCH3 is 1. The number of alkyl halides is 3. The van der Waals surface area contributed by atoms with Crippen LogP contribution in [0.25, 0.3) is 0 Å². The summed E-state index contributed by atoms with van der Waals surface area (Å²) >= 11 is 0. The maximum atomic E-state index is 13.3. The molecule has 1 unspecified atom stereocenters.